The Bertz CT molecular complexity index is 591. The van der Waals surface area contributed by atoms with Gasteiger partial charge in [0.25, 0.3) is 0 Å². The van der Waals surface area contributed by atoms with E-state index in [0.29, 0.717) is 18.8 Å². The van der Waals surface area contributed by atoms with Gasteiger partial charge in [0.05, 0.1) is 12.2 Å². The SMILES string of the molecule is C[C@]12CC[C@@H](O)C[C@H]1CCC1C3CC[C@H](C(=O)CO)C3(C=O)C[C@H](O)C12. The molecule has 4 aliphatic carbocycles. The molecular weight excluding hydrogens is 332 g/mol. The number of hydrogen-bond donors (Lipinski definition) is 3. The molecule has 0 aromatic heterocycles. The second-order valence-electron chi connectivity index (χ2n) is 9.76. The maximum absolute atomic E-state index is 12.3. The van der Waals surface area contributed by atoms with Crippen LogP contribution < -0.4 is 0 Å². The number of aldehydes is 1. The number of ketones is 1. The van der Waals surface area contributed by atoms with Crippen LogP contribution in [-0.4, -0.2) is 46.2 Å². The van der Waals surface area contributed by atoms with E-state index in [1.165, 1.54) is 0 Å². The highest BCUT2D eigenvalue weighted by molar-refractivity contribution is 5.87. The average Bonchev–Trinajstić information content (AvgIpc) is 3.00. The molecule has 4 saturated carbocycles. The van der Waals surface area contributed by atoms with E-state index in [1.807, 2.05) is 0 Å². The normalized spacial score (nSPS) is 53.3. The fourth-order valence-electron chi connectivity index (χ4n) is 7.85. The Morgan fingerprint density at radius 1 is 1.15 bits per heavy atom. The van der Waals surface area contributed by atoms with E-state index in [0.717, 1.165) is 44.8 Å². The molecule has 4 aliphatic rings. The van der Waals surface area contributed by atoms with Crippen molar-refractivity contribution in [2.24, 2.45) is 40.4 Å². The zero-order valence-electron chi connectivity index (χ0n) is 15.6. The molecule has 0 heterocycles. The third-order valence-electron chi connectivity index (χ3n) is 8.94. The Labute approximate surface area is 155 Å². The summed E-state index contributed by atoms with van der Waals surface area (Å²) in [5.74, 6) is 0.294. The summed E-state index contributed by atoms with van der Waals surface area (Å²) in [6.45, 7) is 1.76. The molecule has 146 valence electrons. The van der Waals surface area contributed by atoms with Crippen LogP contribution in [-0.2, 0) is 9.59 Å². The highest BCUT2D eigenvalue weighted by Crippen LogP contribution is 2.67. The molecule has 4 fully saturated rings. The number of Topliss-reactive ketones (excluding diaryl/α,β-unsaturated/α-hetero) is 1. The predicted molar refractivity (Wildman–Crippen MR) is 95.1 cm³/mol. The van der Waals surface area contributed by atoms with Gasteiger partial charge < -0.3 is 20.1 Å². The summed E-state index contributed by atoms with van der Waals surface area (Å²) in [5, 5.41) is 30.7. The number of aliphatic hydroxyl groups excluding tert-OH is 3. The van der Waals surface area contributed by atoms with Gasteiger partial charge in [0, 0.05) is 11.3 Å². The fourth-order valence-corrected chi connectivity index (χ4v) is 7.85. The van der Waals surface area contributed by atoms with Crippen LogP contribution in [0.3, 0.4) is 0 Å². The lowest BCUT2D eigenvalue weighted by Gasteiger charge is -2.61. The summed E-state index contributed by atoms with van der Waals surface area (Å²) in [4.78, 5) is 24.6. The van der Waals surface area contributed by atoms with Crippen LogP contribution in [0.25, 0.3) is 0 Å². The van der Waals surface area contributed by atoms with Crippen molar-refractivity contribution in [3.05, 3.63) is 0 Å². The average molecular weight is 364 g/mol. The van der Waals surface area contributed by atoms with Crippen molar-refractivity contribution >= 4 is 12.1 Å². The molecule has 0 bridgehead atoms. The van der Waals surface area contributed by atoms with Crippen molar-refractivity contribution < 1.29 is 24.9 Å². The summed E-state index contributed by atoms with van der Waals surface area (Å²) in [6, 6.07) is 0. The standard InChI is InChI=1S/C21H32O5/c1-20-7-6-13(24)8-12(20)2-3-14-15-4-5-16(18(26)10-22)21(15,11-23)9-17(25)19(14)20/h11-17,19,22,24-25H,2-10H2,1H3/t12-,13-,14?,15?,16-,17+,19?,20+,21?/m1/s1. The van der Waals surface area contributed by atoms with Gasteiger partial charge in [-0.1, -0.05) is 6.92 Å². The molecule has 5 nitrogen and oxygen atoms in total. The molecule has 0 amide bonds. The van der Waals surface area contributed by atoms with Crippen molar-refractivity contribution in [2.75, 3.05) is 6.61 Å². The zero-order valence-corrected chi connectivity index (χ0v) is 15.6. The lowest BCUT2D eigenvalue weighted by Crippen LogP contribution is -2.60. The monoisotopic (exact) mass is 364 g/mol. The van der Waals surface area contributed by atoms with Crippen LogP contribution in [0.1, 0.15) is 58.3 Å². The number of aliphatic hydroxyl groups is 3. The van der Waals surface area contributed by atoms with Gasteiger partial charge in [0.15, 0.2) is 5.78 Å². The zero-order chi connectivity index (χ0) is 18.7. The molecule has 0 radical (unpaired) electrons. The number of hydrogen-bond acceptors (Lipinski definition) is 5. The van der Waals surface area contributed by atoms with Crippen molar-refractivity contribution in [1.29, 1.82) is 0 Å². The van der Waals surface area contributed by atoms with Gasteiger partial charge in [-0.2, -0.15) is 0 Å². The Balaban J connectivity index is 1.69. The van der Waals surface area contributed by atoms with E-state index in [4.69, 9.17) is 0 Å². The smallest absolute Gasteiger partial charge is 0.162 e. The molecule has 4 unspecified atom stereocenters. The highest BCUT2D eigenvalue weighted by atomic mass is 16.3. The summed E-state index contributed by atoms with van der Waals surface area (Å²) in [6.07, 6.45) is 6.51. The molecular formula is C21H32O5. The van der Waals surface area contributed by atoms with E-state index in [9.17, 15) is 24.9 Å². The van der Waals surface area contributed by atoms with E-state index in [1.54, 1.807) is 0 Å². The van der Waals surface area contributed by atoms with Crippen molar-refractivity contribution in [2.45, 2.75) is 70.5 Å². The van der Waals surface area contributed by atoms with Gasteiger partial charge in [-0.05, 0) is 80.5 Å². The van der Waals surface area contributed by atoms with Crippen LogP contribution in [0.15, 0.2) is 0 Å². The minimum Gasteiger partial charge on any atom is -0.393 e. The first kappa shape index (κ1) is 18.6. The minimum absolute atomic E-state index is 0.00960. The molecule has 26 heavy (non-hydrogen) atoms. The van der Waals surface area contributed by atoms with Gasteiger partial charge in [0.2, 0.25) is 0 Å². The first-order valence-corrected chi connectivity index (χ1v) is 10.3. The maximum Gasteiger partial charge on any atom is 0.162 e. The Morgan fingerprint density at radius 2 is 1.92 bits per heavy atom. The molecule has 5 heteroatoms. The summed E-state index contributed by atoms with van der Waals surface area (Å²) < 4.78 is 0. The second-order valence-corrected chi connectivity index (χ2v) is 9.76. The molecule has 0 aromatic carbocycles. The van der Waals surface area contributed by atoms with E-state index in [-0.39, 0.29) is 35.1 Å². The third kappa shape index (κ3) is 2.39. The number of rotatable bonds is 3. The first-order chi connectivity index (χ1) is 12.4. The molecule has 9 atom stereocenters. The van der Waals surface area contributed by atoms with Crippen LogP contribution in [0, 0.1) is 40.4 Å². The van der Waals surface area contributed by atoms with Gasteiger partial charge in [-0.3, -0.25) is 4.79 Å². The highest BCUT2D eigenvalue weighted by Gasteiger charge is 2.65. The molecule has 4 rings (SSSR count). The van der Waals surface area contributed by atoms with Crippen LogP contribution in [0.4, 0.5) is 0 Å². The predicted octanol–water partition coefficient (Wildman–Crippen LogP) is 1.72. The lowest BCUT2D eigenvalue weighted by atomic mass is 9.43. The summed E-state index contributed by atoms with van der Waals surface area (Å²) in [7, 11) is 0. The van der Waals surface area contributed by atoms with Crippen LogP contribution in [0.5, 0.6) is 0 Å². The van der Waals surface area contributed by atoms with Gasteiger partial charge in [0.1, 0.15) is 12.9 Å². The fraction of sp³-hybridized carbons (Fsp3) is 0.905. The van der Waals surface area contributed by atoms with E-state index < -0.39 is 24.0 Å². The first-order valence-electron chi connectivity index (χ1n) is 10.3. The van der Waals surface area contributed by atoms with E-state index >= 15 is 0 Å². The second kappa shape index (κ2) is 6.39. The third-order valence-corrected chi connectivity index (χ3v) is 8.94. The molecule has 0 saturated heterocycles. The maximum atomic E-state index is 12.3. The van der Waals surface area contributed by atoms with E-state index in [2.05, 4.69) is 6.92 Å². The lowest BCUT2D eigenvalue weighted by molar-refractivity contribution is -0.182. The Kier molecular flexibility index (Phi) is 4.56. The van der Waals surface area contributed by atoms with Crippen molar-refractivity contribution in [3.8, 4) is 0 Å². The van der Waals surface area contributed by atoms with Crippen molar-refractivity contribution in [3.63, 3.8) is 0 Å². The quantitative estimate of drug-likeness (QED) is 0.663. The molecule has 0 spiro atoms. The van der Waals surface area contributed by atoms with Crippen LogP contribution in [0.2, 0.25) is 0 Å². The summed E-state index contributed by atoms with van der Waals surface area (Å²) in [5.41, 5.74) is -0.784. The topological polar surface area (TPSA) is 94.8 Å². The van der Waals surface area contributed by atoms with Crippen LogP contribution >= 0.6 is 0 Å². The minimum atomic E-state index is -0.794. The Morgan fingerprint density at radius 3 is 2.62 bits per heavy atom. The Hall–Kier alpha value is -0.780. The number of fused-ring (bicyclic) bond motifs is 5. The molecule has 0 aliphatic heterocycles. The van der Waals surface area contributed by atoms with Gasteiger partial charge >= 0.3 is 0 Å². The number of carbonyl (C=O) groups is 2. The summed E-state index contributed by atoms with van der Waals surface area (Å²) >= 11 is 0. The molecule has 0 aromatic rings. The molecule has 3 N–H and O–H groups in total. The van der Waals surface area contributed by atoms with Gasteiger partial charge in [-0.25, -0.2) is 0 Å². The largest absolute Gasteiger partial charge is 0.393 e. The van der Waals surface area contributed by atoms with Gasteiger partial charge in [-0.15, -0.1) is 0 Å². The van der Waals surface area contributed by atoms with Crippen molar-refractivity contribution in [1.82, 2.24) is 0 Å². The number of carbonyl (C=O) groups excluding carboxylic acids is 2.